The second-order valence-corrected chi connectivity index (χ2v) is 8.14. The van der Waals surface area contributed by atoms with Gasteiger partial charge >= 0.3 is 17.9 Å². The number of thiocarbonyl (C=S) groups is 1. The zero-order valence-electron chi connectivity index (χ0n) is 18.6. The first kappa shape index (κ1) is 25.3. The van der Waals surface area contributed by atoms with Gasteiger partial charge < -0.3 is 24.8 Å². The highest BCUT2D eigenvalue weighted by Crippen LogP contribution is 2.34. The SMILES string of the molecule is CCOC(=O)c1cc(NC(=S)Nc2sc(C)c(CC)c2C(=O)OC)cc(C(=O)OCC)c1. The van der Waals surface area contributed by atoms with Gasteiger partial charge in [-0.1, -0.05) is 6.92 Å². The maximum absolute atomic E-state index is 12.3. The normalized spacial score (nSPS) is 10.3. The molecule has 1 heterocycles. The standard InChI is InChI=1S/C22H26N2O6S2/c1-6-16-12(4)32-18(17(16)21(27)28-5)24-22(31)23-15-10-13(19(25)29-7-2)9-14(11-15)20(26)30-8-3/h9-11H,6-8H2,1-5H3,(H2,23,24,31). The molecule has 0 aliphatic heterocycles. The topological polar surface area (TPSA) is 103 Å². The Hall–Kier alpha value is -2.98. The number of hydrogen-bond acceptors (Lipinski definition) is 8. The molecule has 2 N–H and O–H groups in total. The van der Waals surface area contributed by atoms with Crippen molar-refractivity contribution in [2.24, 2.45) is 0 Å². The quantitative estimate of drug-likeness (QED) is 0.321. The van der Waals surface area contributed by atoms with E-state index >= 15 is 0 Å². The fourth-order valence-electron chi connectivity index (χ4n) is 3.04. The number of hydrogen-bond donors (Lipinski definition) is 2. The maximum atomic E-state index is 12.3. The molecule has 0 atom stereocenters. The largest absolute Gasteiger partial charge is 0.465 e. The van der Waals surface area contributed by atoms with Crippen LogP contribution in [0.25, 0.3) is 0 Å². The third-order valence-electron chi connectivity index (χ3n) is 4.39. The van der Waals surface area contributed by atoms with E-state index in [-0.39, 0.29) is 29.5 Å². The Labute approximate surface area is 196 Å². The summed E-state index contributed by atoms with van der Waals surface area (Å²) in [5, 5.41) is 6.71. The van der Waals surface area contributed by atoms with Crippen LogP contribution < -0.4 is 10.6 Å². The van der Waals surface area contributed by atoms with Gasteiger partial charge in [-0.2, -0.15) is 0 Å². The van der Waals surface area contributed by atoms with Gasteiger partial charge in [-0.15, -0.1) is 11.3 Å². The lowest BCUT2D eigenvalue weighted by Gasteiger charge is -2.13. The van der Waals surface area contributed by atoms with Crippen LogP contribution in [0, 0.1) is 6.92 Å². The highest BCUT2D eigenvalue weighted by atomic mass is 32.1. The van der Waals surface area contributed by atoms with Gasteiger partial charge in [0.2, 0.25) is 0 Å². The summed E-state index contributed by atoms with van der Waals surface area (Å²) in [6.45, 7) is 7.65. The molecule has 2 aromatic rings. The molecule has 1 aromatic carbocycles. The van der Waals surface area contributed by atoms with Crippen LogP contribution in [0.3, 0.4) is 0 Å². The van der Waals surface area contributed by atoms with E-state index in [0.29, 0.717) is 22.7 Å². The van der Waals surface area contributed by atoms with E-state index in [2.05, 4.69) is 10.6 Å². The minimum absolute atomic E-state index is 0.176. The highest BCUT2D eigenvalue weighted by Gasteiger charge is 2.22. The molecular weight excluding hydrogens is 452 g/mol. The Morgan fingerprint density at radius 1 is 0.938 bits per heavy atom. The zero-order valence-corrected chi connectivity index (χ0v) is 20.3. The number of anilines is 2. The summed E-state index contributed by atoms with van der Waals surface area (Å²) in [5.41, 5.74) is 2.08. The first-order valence-electron chi connectivity index (χ1n) is 10.0. The molecule has 10 heteroatoms. The van der Waals surface area contributed by atoms with Gasteiger partial charge in [0.15, 0.2) is 5.11 Å². The van der Waals surface area contributed by atoms with Crippen molar-refractivity contribution in [3.63, 3.8) is 0 Å². The van der Waals surface area contributed by atoms with Crippen molar-refractivity contribution in [2.75, 3.05) is 31.0 Å². The van der Waals surface area contributed by atoms with E-state index in [1.165, 1.54) is 36.6 Å². The lowest BCUT2D eigenvalue weighted by molar-refractivity contribution is 0.0523. The van der Waals surface area contributed by atoms with Crippen molar-refractivity contribution in [3.8, 4) is 0 Å². The maximum Gasteiger partial charge on any atom is 0.341 e. The van der Waals surface area contributed by atoms with Crippen LogP contribution in [-0.2, 0) is 20.6 Å². The van der Waals surface area contributed by atoms with Crippen molar-refractivity contribution >= 4 is 57.3 Å². The fraction of sp³-hybridized carbons (Fsp3) is 0.364. The molecule has 32 heavy (non-hydrogen) atoms. The summed E-state index contributed by atoms with van der Waals surface area (Å²) in [4.78, 5) is 37.8. The number of aryl methyl sites for hydroxylation is 1. The number of thiophene rings is 1. The minimum Gasteiger partial charge on any atom is -0.465 e. The van der Waals surface area contributed by atoms with Gasteiger partial charge in [-0.25, -0.2) is 14.4 Å². The lowest BCUT2D eigenvalue weighted by atomic mass is 10.1. The first-order valence-corrected chi connectivity index (χ1v) is 11.3. The third kappa shape index (κ3) is 6.04. The smallest absolute Gasteiger partial charge is 0.341 e. The van der Waals surface area contributed by atoms with Crippen LogP contribution in [0.5, 0.6) is 0 Å². The molecule has 0 unspecified atom stereocenters. The molecule has 0 fully saturated rings. The Kier molecular flexibility index (Phi) is 9.15. The third-order valence-corrected chi connectivity index (χ3v) is 5.66. The Balaban J connectivity index is 2.34. The van der Waals surface area contributed by atoms with Gasteiger partial charge in [0.1, 0.15) is 5.00 Å². The lowest BCUT2D eigenvalue weighted by Crippen LogP contribution is -2.21. The first-order chi connectivity index (χ1) is 15.2. The Morgan fingerprint density at radius 3 is 1.97 bits per heavy atom. The van der Waals surface area contributed by atoms with Crippen LogP contribution in [0.1, 0.15) is 62.3 Å². The molecular formula is C22H26N2O6S2. The number of ether oxygens (including phenoxy) is 3. The predicted octanol–water partition coefficient (Wildman–Crippen LogP) is 4.57. The van der Waals surface area contributed by atoms with Crippen LogP contribution >= 0.6 is 23.6 Å². The van der Waals surface area contributed by atoms with E-state index in [9.17, 15) is 14.4 Å². The number of nitrogens with one attached hydrogen (secondary N) is 2. The number of benzene rings is 1. The fourth-order valence-corrected chi connectivity index (χ4v) is 4.46. The number of methoxy groups -OCH3 is 1. The van der Waals surface area contributed by atoms with Gasteiger partial charge in [-0.3, -0.25) is 0 Å². The molecule has 1 aromatic heterocycles. The van der Waals surface area contributed by atoms with Gasteiger partial charge in [-0.05, 0) is 63.2 Å². The van der Waals surface area contributed by atoms with Crippen molar-refractivity contribution < 1.29 is 28.6 Å². The van der Waals surface area contributed by atoms with Crippen LogP contribution in [0.15, 0.2) is 18.2 Å². The van der Waals surface area contributed by atoms with E-state index in [0.717, 1.165) is 10.4 Å². The molecule has 0 aliphatic rings. The summed E-state index contributed by atoms with van der Waals surface area (Å²) in [6, 6.07) is 4.45. The molecule has 0 amide bonds. The van der Waals surface area contributed by atoms with Crippen molar-refractivity contribution in [2.45, 2.75) is 34.1 Å². The van der Waals surface area contributed by atoms with Crippen molar-refractivity contribution in [1.29, 1.82) is 0 Å². The predicted molar refractivity (Wildman–Crippen MR) is 128 cm³/mol. The average molecular weight is 479 g/mol. The van der Waals surface area contributed by atoms with Crippen LogP contribution in [-0.4, -0.2) is 43.3 Å². The average Bonchev–Trinajstić information content (AvgIpc) is 3.07. The van der Waals surface area contributed by atoms with E-state index < -0.39 is 17.9 Å². The number of rotatable bonds is 8. The number of esters is 3. The van der Waals surface area contributed by atoms with Crippen molar-refractivity contribution in [1.82, 2.24) is 0 Å². The molecule has 0 aliphatic carbocycles. The van der Waals surface area contributed by atoms with E-state index in [1.807, 2.05) is 13.8 Å². The molecule has 0 saturated carbocycles. The van der Waals surface area contributed by atoms with Crippen molar-refractivity contribution in [3.05, 3.63) is 45.3 Å². The van der Waals surface area contributed by atoms with Crippen LogP contribution in [0.2, 0.25) is 0 Å². The highest BCUT2D eigenvalue weighted by molar-refractivity contribution is 7.80. The number of carbonyl (C=O) groups excluding carboxylic acids is 3. The minimum atomic E-state index is -0.574. The van der Waals surface area contributed by atoms with E-state index in [1.54, 1.807) is 13.8 Å². The summed E-state index contributed by atoms with van der Waals surface area (Å²) >= 11 is 6.80. The van der Waals surface area contributed by atoms with Gasteiger partial charge in [0.05, 0.1) is 37.0 Å². The molecule has 0 spiro atoms. The second kappa shape index (κ2) is 11.6. The molecule has 0 saturated heterocycles. The molecule has 2 rings (SSSR count). The molecule has 172 valence electrons. The van der Waals surface area contributed by atoms with Gasteiger partial charge in [0.25, 0.3) is 0 Å². The van der Waals surface area contributed by atoms with Crippen LogP contribution in [0.4, 0.5) is 10.7 Å². The Bertz CT molecular complexity index is 995. The second-order valence-electron chi connectivity index (χ2n) is 6.51. The summed E-state index contributed by atoms with van der Waals surface area (Å²) < 4.78 is 15.0. The van der Waals surface area contributed by atoms with E-state index in [4.69, 9.17) is 26.4 Å². The Morgan fingerprint density at radius 2 is 1.50 bits per heavy atom. The van der Waals surface area contributed by atoms with Gasteiger partial charge in [0, 0.05) is 10.6 Å². The number of carbonyl (C=O) groups is 3. The molecule has 0 radical (unpaired) electrons. The monoisotopic (exact) mass is 478 g/mol. The summed E-state index contributed by atoms with van der Waals surface area (Å²) in [6.07, 6.45) is 0.666. The molecule has 8 nitrogen and oxygen atoms in total. The molecule has 0 bridgehead atoms. The summed E-state index contributed by atoms with van der Waals surface area (Å²) in [7, 11) is 1.33. The zero-order chi connectivity index (χ0) is 23.8. The summed E-state index contributed by atoms with van der Waals surface area (Å²) in [5.74, 6) is -1.60.